The normalized spacial score (nSPS) is 10.5. The van der Waals surface area contributed by atoms with Crippen LogP contribution in [-0.4, -0.2) is 26.3 Å². The first-order valence-electron chi connectivity index (χ1n) is 8.00. The Morgan fingerprint density at radius 1 is 1.04 bits per heavy atom. The van der Waals surface area contributed by atoms with E-state index in [0.717, 1.165) is 21.8 Å². The van der Waals surface area contributed by atoms with Crippen LogP contribution in [0.25, 0.3) is 10.6 Å². The number of aromatic nitrogens is 1. The molecule has 3 N–H and O–H groups in total. The van der Waals surface area contributed by atoms with E-state index < -0.39 is 0 Å². The zero-order valence-electron chi connectivity index (χ0n) is 14.9. The van der Waals surface area contributed by atoms with Crippen LogP contribution in [0.2, 0.25) is 0 Å². The molecule has 0 spiro atoms. The van der Waals surface area contributed by atoms with Gasteiger partial charge in [-0.3, -0.25) is 5.84 Å². The first-order valence-corrected chi connectivity index (χ1v) is 8.88. The van der Waals surface area contributed by atoms with Gasteiger partial charge in [-0.25, -0.2) is 4.98 Å². The summed E-state index contributed by atoms with van der Waals surface area (Å²) in [6, 6.07) is 12.0. The fraction of sp³-hybridized carbons (Fsp3) is 0.211. The summed E-state index contributed by atoms with van der Waals surface area (Å²) in [6.07, 6.45) is 0.583. The molecule has 0 aliphatic rings. The van der Waals surface area contributed by atoms with Crippen LogP contribution in [0.1, 0.15) is 11.3 Å². The van der Waals surface area contributed by atoms with Crippen molar-refractivity contribution in [2.45, 2.75) is 6.42 Å². The summed E-state index contributed by atoms with van der Waals surface area (Å²) in [4.78, 5) is 4.74. The zero-order chi connectivity index (χ0) is 18.5. The first kappa shape index (κ1) is 18.0. The molecular weight excluding hydrogens is 350 g/mol. The van der Waals surface area contributed by atoms with Crippen molar-refractivity contribution in [3.05, 3.63) is 53.0 Å². The molecule has 0 aliphatic carbocycles. The number of anilines is 1. The summed E-state index contributed by atoms with van der Waals surface area (Å²) >= 11 is 1.61. The van der Waals surface area contributed by atoms with E-state index in [-0.39, 0.29) is 0 Å². The highest BCUT2D eigenvalue weighted by atomic mass is 32.1. The van der Waals surface area contributed by atoms with Crippen molar-refractivity contribution in [2.75, 3.05) is 26.8 Å². The smallest absolute Gasteiger partial charge is 0.205 e. The average molecular weight is 371 g/mol. The van der Waals surface area contributed by atoms with Crippen LogP contribution in [-0.2, 0) is 6.42 Å². The molecule has 3 aromatic rings. The Morgan fingerprint density at radius 3 is 2.38 bits per heavy atom. The lowest BCUT2D eigenvalue weighted by atomic mass is 10.1. The number of nitrogens with zero attached hydrogens (tertiary/aromatic N) is 1. The Labute approximate surface area is 156 Å². The molecule has 26 heavy (non-hydrogen) atoms. The van der Waals surface area contributed by atoms with Crippen LogP contribution in [0.15, 0.2) is 41.8 Å². The lowest BCUT2D eigenvalue weighted by molar-refractivity contribution is 0.325. The van der Waals surface area contributed by atoms with Crippen molar-refractivity contribution in [1.82, 2.24) is 4.98 Å². The van der Waals surface area contributed by atoms with Gasteiger partial charge in [-0.15, -0.1) is 11.3 Å². The van der Waals surface area contributed by atoms with E-state index in [0.29, 0.717) is 29.4 Å². The fourth-order valence-corrected chi connectivity index (χ4v) is 3.63. The highest BCUT2D eigenvalue weighted by molar-refractivity contribution is 7.13. The molecule has 0 radical (unpaired) electrons. The highest BCUT2D eigenvalue weighted by Crippen LogP contribution is 2.45. The predicted octanol–water partition coefficient (Wildman–Crippen LogP) is 3.71. The third kappa shape index (κ3) is 3.44. The molecule has 1 heterocycles. The number of methoxy groups -OCH3 is 3. The SMILES string of the molecule is COc1cc(Cc2csc(-c3ccccc3)n2)c(NN)c(OC)c1OC. The second kappa shape index (κ2) is 8.07. The van der Waals surface area contributed by atoms with Gasteiger partial charge < -0.3 is 19.6 Å². The second-order valence-corrected chi connectivity index (χ2v) is 6.37. The Bertz CT molecular complexity index is 881. The number of nitrogens with one attached hydrogen (secondary N) is 1. The number of hydrogen-bond acceptors (Lipinski definition) is 7. The summed E-state index contributed by atoms with van der Waals surface area (Å²) in [5.74, 6) is 7.33. The summed E-state index contributed by atoms with van der Waals surface area (Å²) in [5.41, 5.74) is 6.32. The van der Waals surface area contributed by atoms with Crippen LogP contribution in [0.3, 0.4) is 0 Å². The van der Waals surface area contributed by atoms with E-state index in [9.17, 15) is 0 Å². The standard InChI is InChI=1S/C19H21N3O3S/c1-23-15-10-13(16(22-20)18(25-3)17(15)24-2)9-14-11-26-19(21-14)12-7-5-4-6-8-12/h4-8,10-11,22H,9,20H2,1-3H3. The molecule has 6 nitrogen and oxygen atoms in total. The lowest BCUT2D eigenvalue weighted by Gasteiger charge is -2.18. The molecule has 3 rings (SSSR count). The van der Waals surface area contributed by atoms with E-state index in [4.69, 9.17) is 25.0 Å². The number of hydrazine groups is 1. The maximum Gasteiger partial charge on any atom is 0.205 e. The van der Waals surface area contributed by atoms with Gasteiger partial charge in [-0.05, 0) is 11.6 Å². The monoisotopic (exact) mass is 371 g/mol. The van der Waals surface area contributed by atoms with Gasteiger partial charge in [0.1, 0.15) is 5.01 Å². The van der Waals surface area contributed by atoms with Crippen LogP contribution < -0.4 is 25.5 Å². The van der Waals surface area contributed by atoms with Crippen molar-refractivity contribution < 1.29 is 14.2 Å². The Kier molecular flexibility index (Phi) is 5.60. The molecule has 0 unspecified atom stereocenters. The fourth-order valence-electron chi connectivity index (χ4n) is 2.80. The number of thiazole rings is 1. The van der Waals surface area contributed by atoms with Gasteiger partial charge in [0.25, 0.3) is 0 Å². The molecule has 7 heteroatoms. The number of nitrogen functional groups attached to an aromatic ring is 1. The minimum absolute atomic E-state index is 0.495. The molecule has 0 saturated carbocycles. The molecule has 0 amide bonds. The molecule has 2 aromatic carbocycles. The Hall–Kier alpha value is -2.77. The third-order valence-electron chi connectivity index (χ3n) is 4.00. The van der Waals surface area contributed by atoms with Gasteiger partial charge in [0, 0.05) is 17.4 Å². The Balaban J connectivity index is 1.98. The van der Waals surface area contributed by atoms with E-state index in [1.54, 1.807) is 32.7 Å². The van der Waals surface area contributed by atoms with E-state index in [2.05, 4.69) is 17.6 Å². The topological polar surface area (TPSA) is 78.6 Å². The van der Waals surface area contributed by atoms with Gasteiger partial charge in [0.2, 0.25) is 5.75 Å². The quantitative estimate of drug-likeness (QED) is 0.487. The molecule has 1 aromatic heterocycles. The minimum Gasteiger partial charge on any atom is -0.493 e. The maximum atomic E-state index is 5.75. The minimum atomic E-state index is 0.495. The molecule has 0 atom stereocenters. The second-order valence-electron chi connectivity index (χ2n) is 5.51. The van der Waals surface area contributed by atoms with E-state index >= 15 is 0 Å². The average Bonchev–Trinajstić information content (AvgIpc) is 3.16. The van der Waals surface area contributed by atoms with Crippen molar-refractivity contribution in [1.29, 1.82) is 0 Å². The van der Waals surface area contributed by atoms with Crippen molar-refractivity contribution in [3.63, 3.8) is 0 Å². The van der Waals surface area contributed by atoms with Crippen molar-refractivity contribution >= 4 is 17.0 Å². The van der Waals surface area contributed by atoms with Crippen LogP contribution in [0.5, 0.6) is 17.2 Å². The molecular formula is C19H21N3O3S. The first-order chi connectivity index (χ1) is 12.7. The van der Waals surface area contributed by atoms with Crippen LogP contribution >= 0.6 is 11.3 Å². The molecule has 0 aliphatic heterocycles. The maximum absolute atomic E-state index is 5.75. The van der Waals surface area contributed by atoms with Crippen molar-refractivity contribution in [2.24, 2.45) is 5.84 Å². The summed E-state index contributed by atoms with van der Waals surface area (Å²) < 4.78 is 16.3. The Morgan fingerprint density at radius 2 is 1.77 bits per heavy atom. The van der Waals surface area contributed by atoms with Crippen LogP contribution in [0, 0.1) is 0 Å². The van der Waals surface area contributed by atoms with Crippen molar-refractivity contribution in [3.8, 4) is 27.8 Å². The number of ether oxygens (including phenoxy) is 3. The number of nitrogens with two attached hydrogens (primary N) is 1. The zero-order valence-corrected chi connectivity index (χ0v) is 15.7. The molecule has 0 fully saturated rings. The summed E-state index contributed by atoms with van der Waals surface area (Å²) in [5, 5.41) is 3.03. The van der Waals surface area contributed by atoms with Gasteiger partial charge in [0.05, 0.1) is 32.7 Å². The molecule has 0 bridgehead atoms. The van der Waals surface area contributed by atoms with E-state index in [1.807, 2.05) is 29.6 Å². The lowest BCUT2D eigenvalue weighted by Crippen LogP contribution is -2.12. The number of benzene rings is 2. The number of hydrogen-bond donors (Lipinski definition) is 2. The predicted molar refractivity (Wildman–Crippen MR) is 104 cm³/mol. The molecule has 136 valence electrons. The number of rotatable bonds is 7. The van der Waals surface area contributed by atoms with Gasteiger partial charge >= 0.3 is 0 Å². The van der Waals surface area contributed by atoms with Crippen LogP contribution in [0.4, 0.5) is 5.69 Å². The summed E-state index contributed by atoms with van der Waals surface area (Å²) in [7, 11) is 4.72. The largest absolute Gasteiger partial charge is 0.493 e. The molecule has 0 saturated heterocycles. The summed E-state index contributed by atoms with van der Waals surface area (Å²) in [6.45, 7) is 0. The van der Waals surface area contributed by atoms with Gasteiger partial charge in [0.15, 0.2) is 11.5 Å². The van der Waals surface area contributed by atoms with Gasteiger partial charge in [-0.1, -0.05) is 30.3 Å². The third-order valence-corrected chi connectivity index (χ3v) is 4.94. The highest BCUT2D eigenvalue weighted by Gasteiger charge is 2.21. The van der Waals surface area contributed by atoms with E-state index in [1.165, 1.54) is 0 Å². The van der Waals surface area contributed by atoms with Gasteiger partial charge in [-0.2, -0.15) is 0 Å².